The molecule has 0 spiro atoms. The summed E-state index contributed by atoms with van der Waals surface area (Å²) in [7, 11) is 0. The number of nitrogens with one attached hydrogen (secondary N) is 1. The van der Waals surface area contributed by atoms with Crippen LogP contribution in [0.25, 0.3) is 0 Å². The fourth-order valence-electron chi connectivity index (χ4n) is 2.33. The van der Waals surface area contributed by atoms with Crippen LogP contribution >= 0.6 is 11.8 Å². The first kappa shape index (κ1) is 20.8. The molecule has 11 heteroatoms. The normalized spacial score (nSPS) is 32.7. The van der Waals surface area contributed by atoms with Gasteiger partial charge in [0.25, 0.3) is 5.79 Å². The molecule has 6 N–H and O–H groups in total. The fourth-order valence-corrected chi connectivity index (χ4v) is 2.93. The van der Waals surface area contributed by atoms with Crippen molar-refractivity contribution in [2.45, 2.75) is 56.5 Å². The Labute approximate surface area is 141 Å². The highest BCUT2D eigenvalue weighted by atomic mass is 32.2. The number of ether oxygens (including phenoxy) is 1. The van der Waals surface area contributed by atoms with E-state index < -0.39 is 54.5 Å². The van der Waals surface area contributed by atoms with Gasteiger partial charge in [0, 0.05) is 26.0 Å². The van der Waals surface area contributed by atoms with Gasteiger partial charge >= 0.3 is 5.97 Å². The standard InChI is InChI=1S/C13H21NO9S/c1-5(15)14-9-7(17)3-13(22,12(20)21)23-11(9)10(19)8(18)4-24-6(2)16/h7-11,17-19,22H,3-4H2,1-2H3,(H,14,15)(H,20,21)/t7-,8+,9+,10+,11+,13+/m0/s1. The minimum Gasteiger partial charge on any atom is -0.477 e. The number of thioether (sulfide) groups is 1. The Balaban J connectivity index is 3.01. The van der Waals surface area contributed by atoms with Crippen molar-refractivity contribution in [2.75, 3.05) is 5.75 Å². The van der Waals surface area contributed by atoms with Crippen LogP contribution in [-0.2, 0) is 19.1 Å². The highest BCUT2D eigenvalue weighted by molar-refractivity contribution is 8.13. The van der Waals surface area contributed by atoms with E-state index in [2.05, 4.69) is 5.32 Å². The minimum atomic E-state index is -2.78. The molecule has 0 aromatic heterocycles. The summed E-state index contributed by atoms with van der Waals surface area (Å²) in [6, 6.07) is -1.26. The first-order valence-electron chi connectivity index (χ1n) is 7.06. The SMILES string of the molecule is CC(=O)N[C@H]1[C@H]([C@H](O)[C@H](O)CSC(C)=O)O[C@@](O)(C(=O)O)C[C@@H]1O. The number of amides is 1. The van der Waals surface area contributed by atoms with Gasteiger partial charge in [0.05, 0.1) is 18.2 Å². The summed E-state index contributed by atoms with van der Waals surface area (Å²) in [5, 5.41) is 51.2. The van der Waals surface area contributed by atoms with Gasteiger partial charge in [-0.3, -0.25) is 9.59 Å². The zero-order chi connectivity index (χ0) is 18.7. The highest BCUT2D eigenvalue weighted by Crippen LogP contribution is 2.31. The molecule has 6 atom stereocenters. The van der Waals surface area contributed by atoms with Gasteiger partial charge in [-0.25, -0.2) is 4.79 Å². The molecule has 0 radical (unpaired) electrons. The molecule has 0 bridgehead atoms. The minimum absolute atomic E-state index is 0.218. The number of carbonyl (C=O) groups excluding carboxylic acids is 2. The van der Waals surface area contributed by atoms with E-state index in [0.717, 1.165) is 18.7 Å². The summed E-state index contributed by atoms with van der Waals surface area (Å²) < 4.78 is 4.99. The summed E-state index contributed by atoms with van der Waals surface area (Å²) in [6.07, 6.45) is -7.19. The van der Waals surface area contributed by atoms with Crippen molar-refractivity contribution in [3.8, 4) is 0 Å². The number of carbonyl (C=O) groups is 3. The monoisotopic (exact) mass is 367 g/mol. The van der Waals surface area contributed by atoms with E-state index in [0.29, 0.717) is 0 Å². The lowest BCUT2D eigenvalue weighted by molar-refractivity contribution is -0.293. The van der Waals surface area contributed by atoms with Gasteiger partial charge in [-0.1, -0.05) is 11.8 Å². The lowest BCUT2D eigenvalue weighted by Crippen LogP contribution is -2.67. The van der Waals surface area contributed by atoms with Crippen LogP contribution in [0.2, 0.25) is 0 Å². The van der Waals surface area contributed by atoms with Crippen LogP contribution in [0.3, 0.4) is 0 Å². The maximum absolute atomic E-state index is 11.3. The summed E-state index contributed by atoms with van der Waals surface area (Å²) in [5.41, 5.74) is 0. The number of carboxylic acids is 1. The average Bonchev–Trinajstić information content (AvgIpc) is 2.46. The molecule has 1 aliphatic heterocycles. The van der Waals surface area contributed by atoms with E-state index in [-0.39, 0.29) is 10.9 Å². The Kier molecular flexibility index (Phi) is 7.13. The van der Waals surface area contributed by atoms with Crippen LogP contribution in [0.4, 0.5) is 0 Å². The second-order valence-electron chi connectivity index (χ2n) is 5.53. The van der Waals surface area contributed by atoms with Crippen molar-refractivity contribution in [3.05, 3.63) is 0 Å². The molecule has 1 rings (SSSR count). The molecule has 1 fully saturated rings. The van der Waals surface area contributed by atoms with E-state index >= 15 is 0 Å². The molecule has 10 nitrogen and oxygen atoms in total. The number of aliphatic hydroxyl groups is 4. The quantitative estimate of drug-likeness (QED) is 0.292. The second kappa shape index (κ2) is 8.23. The number of rotatable bonds is 6. The van der Waals surface area contributed by atoms with Gasteiger partial charge in [-0.05, 0) is 0 Å². The Bertz CT molecular complexity index is 502. The maximum Gasteiger partial charge on any atom is 0.364 e. The van der Waals surface area contributed by atoms with Gasteiger partial charge in [0.2, 0.25) is 5.91 Å². The van der Waals surface area contributed by atoms with Gasteiger partial charge in [0.15, 0.2) is 5.12 Å². The number of aliphatic hydroxyl groups excluding tert-OH is 3. The predicted molar refractivity (Wildman–Crippen MR) is 80.8 cm³/mol. The van der Waals surface area contributed by atoms with Crippen LogP contribution in [0, 0.1) is 0 Å². The van der Waals surface area contributed by atoms with Crippen LogP contribution in [0.1, 0.15) is 20.3 Å². The molecular formula is C13H21NO9S. The number of aliphatic carboxylic acids is 1. The molecule has 1 aliphatic rings. The van der Waals surface area contributed by atoms with Crippen LogP contribution in [0.5, 0.6) is 0 Å². The first-order valence-corrected chi connectivity index (χ1v) is 8.04. The van der Waals surface area contributed by atoms with Gasteiger partial charge in [0.1, 0.15) is 12.2 Å². The van der Waals surface area contributed by atoms with E-state index in [1.165, 1.54) is 6.92 Å². The van der Waals surface area contributed by atoms with Crippen LogP contribution in [0.15, 0.2) is 0 Å². The van der Waals surface area contributed by atoms with E-state index in [4.69, 9.17) is 9.84 Å². The molecule has 1 saturated heterocycles. The molecule has 1 heterocycles. The zero-order valence-electron chi connectivity index (χ0n) is 13.1. The number of hydrogen-bond donors (Lipinski definition) is 6. The third-order valence-corrected chi connectivity index (χ3v) is 4.39. The Morgan fingerprint density at radius 1 is 1.33 bits per heavy atom. The van der Waals surface area contributed by atoms with Crippen molar-refractivity contribution in [1.82, 2.24) is 5.32 Å². The van der Waals surface area contributed by atoms with Crippen molar-refractivity contribution < 1.29 is 44.7 Å². The summed E-state index contributed by atoms with van der Waals surface area (Å²) >= 11 is 0.721. The molecule has 24 heavy (non-hydrogen) atoms. The highest BCUT2D eigenvalue weighted by Gasteiger charge is 2.53. The van der Waals surface area contributed by atoms with Crippen molar-refractivity contribution in [2.24, 2.45) is 0 Å². The lowest BCUT2D eigenvalue weighted by atomic mass is 9.89. The van der Waals surface area contributed by atoms with E-state index in [1.807, 2.05) is 0 Å². The summed E-state index contributed by atoms with van der Waals surface area (Å²) in [4.78, 5) is 33.3. The average molecular weight is 367 g/mol. The van der Waals surface area contributed by atoms with Gasteiger partial charge < -0.3 is 35.6 Å². The Morgan fingerprint density at radius 2 is 1.92 bits per heavy atom. The largest absolute Gasteiger partial charge is 0.477 e. The molecule has 1 amide bonds. The zero-order valence-corrected chi connectivity index (χ0v) is 13.9. The van der Waals surface area contributed by atoms with Crippen molar-refractivity contribution in [3.63, 3.8) is 0 Å². The first-order chi connectivity index (χ1) is 11.0. The van der Waals surface area contributed by atoms with Crippen molar-refractivity contribution >= 4 is 28.8 Å². The smallest absolute Gasteiger partial charge is 0.364 e. The van der Waals surface area contributed by atoms with Crippen molar-refractivity contribution in [1.29, 1.82) is 0 Å². The topological polar surface area (TPSA) is 174 Å². The molecule has 0 saturated carbocycles. The number of carboxylic acid groups (broad SMARTS) is 1. The molecule has 0 aromatic rings. The predicted octanol–water partition coefficient (Wildman–Crippen LogP) is -2.58. The van der Waals surface area contributed by atoms with Gasteiger partial charge in [-0.15, -0.1) is 0 Å². The molecule has 0 aliphatic carbocycles. The summed E-state index contributed by atoms with van der Waals surface area (Å²) in [6.45, 7) is 2.39. The summed E-state index contributed by atoms with van der Waals surface area (Å²) in [5.74, 6) is -5.38. The molecule has 0 unspecified atom stereocenters. The Morgan fingerprint density at radius 3 is 2.38 bits per heavy atom. The van der Waals surface area contributed by atoms with Gasteiger partial charge in [-0.2, -0.15) is 0 Å². The third-order valence-electron chi connectivity index (χ3n) is 3.48. The van der Waals surface area contributed by atoms with Crippen LogP contribution < -0.4 is 5.32 Å². The van der Waals surface area contributed by atoms with E-state index in [1.54, 1.807) is 0 Å². The maximum atomic E-state index is 11.3. The Hall–Kier alpha value is -1.24. The third kappa shape index (κ3) is 5.13. The lowest BCUT2D eigenvalue weighted by Gasteiger charge is -2.44. The van der Waals surface area contributed by atoms with E-state index in [9.17, 15) is 34.8 Å². The molecule has 0 aromatic carbocycles. The van der Waals surface area contributed by atoms with Crippen LogP contribution in [-0.4, -0.2) is 84.5 Å². The second-order valence-corrected chi connectivity index (χ2v) is 6.73. The fraction of sp³-hybridized carbons (Fsp3) is 0.769. The number of hydrogen-bond acceptors (Lipinski definition) is 9. The molecular weight excluding hydrogens is 346 g/mol. The molecule has 138 valence electrons.